The minimum atomic E-state index is 0.493. The van der Waals surface area contributed by atoms with Gasteiger partial charge in [-0.05, 0) is 24.4 Å². The minimum Gasteiger partial charge on any atom is -0.416 e. The maximum Gasteiger partial charge on any atom is 0.258 e. The van der Waals surface area contributed by atoms with Crippen LogP contribution < -0.4 is 0 Å². The normalized spacial score (nSPS) is 11.4. The highest BCUT2D eigenvalue weighted by Gasteiger charge is 2.06. The minimum absolute atomic E-state index is 0.493. The van der Waals surface area contributed by atoms with E-state index in [9.17, 15) is 0 Å². The Kier molecular flexibility index (Phi) is 3.24. The van der Waals surface area contributed by atoms with E-state index in [4.69, 9.17) is 4.42 Å². The largest absolute Gasteiger partial charge is 0.416 e. The lowest BCUT2D eigenvalue weighted by atomic mass is 10.3. The van der Waals surface area contributed by atoms with E-state index in [-0.39, 0.29) is 0 Å². The summed E-state index contributed by atoms with van der Waals surface area (Å²) >= 11 is 1.58. The molecule has 3 rings (SSSR count). The summed E-state index contributed by atoms with van der Waals surface area (Å²) in [4.78, 5) is 0.978. The van der Waals surface area contributed by atoms with Crippen LogP contribution in [0.3, 0.4) is 0 Å². The van der Waals surface area contributed by atoms with Gasteiger partial charge in [0.1, 0.15) is 0 Å². The second-order valence-corrected chi connectivity index (χ2v) is 4.83. The number of hydrogen-bond acceptors (Lipinski definition) is 5. The number of nitrogens with zero attached hydrogens (tertiary/aromatic N) is 4. The molecule has 0 radical (unpaired) electrons. The molecule has 0 bridgehead atoms. The van der Waals surface area contributed by atoms with E-state index >= 15 is 0 Å². The summed E-state index contributed by atoms with van der Waals surface area (Å²) in [6.07, 6.45) is 7.47. The lowest BCUT2D eigenvalue weighted by Crippen LogP contribution is -1.91. The van der Waals surface area contributed by atoms with Crippen LogP contribution in [0.15, 0.2) is 34.3 Å². The molecule has 0 aliphatic heterocycles. The molecule has 0 saturated carbocycles. The van der Waals surface area contributed by atoms with Crippen molar-refractivity contribution in [3.8, 4) is 10.8 Å². The van der Waals surface area contributed by atoms with Crippen LogP contribution in [-0.4, -0.2) is 20.0 Å². The summed E-state index contributed by atoms with van der Waals surface area (Å²) < 4.78 is 7.42. The maximum absolute atomic E-state index is 5.56. The van der Waals surface area contributed by atoms with Gasteiger partial charge in [0.2, 0.25) is 5.89 Å². The molecule has 0 aliphatic carbocycles. The highest BCUT2D eigenvalue weighted by atomic mass is 32.1. The molecule has 0 atom stereocenters. The predicted octanol–water partition coefficient (Wildman–Crippen LogP) is 3.18. The molecule has 19 heavy (non-hydrogen) atoms. The van der Waals surface area contributed by atoms with Gasteiger partial charge in [0.25, 0.3) is 5.89 Å². The Bertz CT molecular complexity index is 681. The highest BCUT2D eigenvalue weighted by molar-refractivity contribution is 7.13. The summed E-state index contributed by atoms with van der Waals surface area (Å²) in [5, 5.41) is 14.2. The first-order valence-corrected chi connectivity index (χ1v) is 6.81. The van der Waals surface area contributed by atoms with Gasteiger partial charge in [0, 0.05) is 24.4 Å². The first-order chi connectivity index (χ1) is 9.35. The molecule has 3 aromatic rings. The first kappa shape index (κ1) is 11.9. The van der Waals surface area contributed by atoms with E-state index in [1.54, 1.807) is 23.6 Å². The van der Waals surface area contributed by atoms with Crippen molar-refractivity contribution in [1.29, 1.82) is 0 Å². The van der Waals surface area contributed by atoms with Crippen LogP contribution in [0.4, 0.5) is 0 Å². The quantitative estimate of drug-likeness (QED) is 0.732. The summed E-state index contributed by atoms with van der Waals surface area (Å²) in [6.45, 7) is 2.91. The third kappa shape index (κ3) is 2.63. The zero-order valence-electron chi connectivity index (χ0n) is 10.4. The van der Waals surface area contributed by atoms with Gasteiger partial charge < -0.3 is 4.42 Å². The monoisotopic (exact) mass is 272 g/mol. The van der Waals surface area contributed by atoms with Crippen LogP contribution >= 0.6 is 11.3 Å². The van der Waals surface area contributed by atoms with E-state index in [1.807, 2.05) is 41.4 Å². The SMILES string of the molecule is CCn1cc(/C=C/c2nnc(-c3cccs3)o2)cn1. The summed E-state index contributed by atoms with van der Waals surface area (Å²) in [5.74, 6) is 1.05. The van der Waals surface area contributed by atoms with E-state index in [0.29, 0.717) is 11.8 Å². The highest BCUT2D eigenvalue weighted by Crippen LogP contribution is 2.23. The van der Waals surface area contributed by atoms with E-state index in [2.05, 4.69) is 15.3 Å². The second-order valence-electron chi connectivity index (χ2n) is 3.89. The van der Waals surface area contributed by atoms with Crippen molar-refractivity contribution in [2.75, 3.05) is 0 Å². The molecular formula is C13H12N4OS. The first-order valence-electron chi connectivity index (χ1n) is 5.93. The molecule has 0 fully saturated rings. The van der Waals surface area contributed by atoms with Crippen molar-refractivity contribution in [3.63, 3.8) is 0 Å². The molecule has 0 aliphatic rings. The van der Waals surface area contributed by atoms with Gasteiger partial charge in [0.15, 0.2) is 0 Å². The van der Waals surface area contributed by atoms with Gasteiger partial charge in [0.05, 0.1) is 11.1 Å². The molecule has 3 aromatic heterocycles. The lowest BCUT2D eigenvalue weighted by Gasteiger charge is -1.89. The Balaban J connectivity index is 1.76. The predicted molar refractivity (Wildman–Crippen MR) is 74.4 cm³/mol. The zero-order chi connectivity index (χ0) is 13.1. The van der Waals surface area contributed by atoms with Gasteiger partial charge in [-0.25, -0.2) is 0 Å². The van der Waals surface area contributed by atoms with Crippen LogP contribution in [0.25, 0.3) is 22.9 Å². The van der Waals surface area contributed by atoms with Crippen molar-refractivity contribution in [2.24, 2.45) is 0 Å². The third-order valence-electron chi connectivity index (χ3n) is 2.57. The number of hydrogen-bond donors (Lipinski definition) is 0. The van der Waals surface area contributed by atoms with E-state index in [0.717, 1.165) is 17.0 Å². The molecule has 0 unspecified atom stereocenters. The fourth-order valence-corrected chi connectivity index (χ4v) is 2.25. The standard InChI is InChI=1S/C13H12N4OS/c1-2-17-9-10(8-14-17)5-6-12-15-16-13(18-12)11-4-3-7-19-11/h3-9H,2H2,1H3/b6-5+. The number of thiophene rings is 1. The molecule has 0 spiro atoms. The van der Waals surface area contributed by atoms with Gasteiger partial charge in [-0.1, -0.05) is 6.07 Å². The number of rotatable bonds is 4. The zero-order valence-corrected chi connectivity index (χ0v) is 11.2. The van der Waals surface area contributed by atoms with Crippen LogP contribution in [0, 0.1) is 0 Å². The van der Waals surface area contributed by atoms with Crippen molar-refractivity contribution in [1.82, 2.24) is 20.0 Å². The molecule has 6 heteroatoms. The van der Waals surface area contributed by atoms with Crippen molar-refractivity contribution in [2.45, 2.75) is 13.5 Å². The second kappa shape index (κ2) is 5.19. The smallest absolute Gasteiger partial charge is 0.258 e. The van der Waals surface area contributed by atoms with Crippen molar-refractivity contribution in [3.05, 3.63) is 41.4 Å². The van der Waals surface area contributed by atoms with Crippen LogP contribution in [0.5, 0.6) is 0 Å². The number of aromatic nitrogens is 4. The van der Waals surface area contributed by atoms with E-state index in [1.165, 1.54) is 0 Å². The van der Waals surface area contributed by atoms with Crippen molar-refractivity contribution < 1.29 is 4.42 Å². The van der Waals surface area contributed by atoms with Crippen LogP contribution in [0.1, 0.15) is 18.4 Å². The molecule has 0 N–H and O–H groups in total. The van der Waals surface area contributed by atoms with Crippen LogP contribution in [0.2, 0.25) is 0 Å². The molecule has 0 amide bonds. The molecule has 5 nitrogen and oxygen atoms in total. The fraction of sp³-hybridized carbons (Fsp3) is 0.154. The molecular weight excluding hydrogens is 260 g/mol. The number of aryl methyl sites for hydroxylation is 1. The molecule has 96 valence electrons. The Morgan fingerprint density at radius 2 is 2.32 bits per heavy atom. The van der Waals surface area contributed by atoms with Gasteiger partial charge in [-0.15, -0.1) is 21.5 Å². The Morgan fingerprint density at radius 3 is 3.05 bits per heavy atom. The Hall–Kier alpha value is -2.21. The maximum atomic E-state index is 5.56. The third-order valence-corrected chi connectivity index (χ3v) is 3.43. The van der Waals surface area contributed by atoms with Gasteiger partial charge in [-0.3, -0.25) is 4.68 Å². The molecule has 3 heterocycles. The van der Waals surface area contributed by atoms with Gasteiger partial charge >= 0.3 is 0 Å². The van der Waals surface area contributed by atoms with E-state index < -0.39 is 0 Å². The average Bonchev–Trinajstić information content (AvgIpc) is 3.16. The summed E-state index contributed by atoms with van der Waals surface area (Å²) in [6, 6.07) is 3.91. The van der Waals surface area contributed by atoms with Gasteiger partial charge in [-0.2, -0.15) is 5.10 Å². The summed E-state index contributed by atoms with van der Waals surface area (Å²) in [5.41, 5.74) is 1.01. The summed E-state index contributed by atoms with van der Waals surface area (Å²) in [7, 11) is 0. The van der Waals surface area contributed by atoms with Crippen LogP contribution in [-0.2, 0) is 6.54 Å². The lowest BCUT2D eigenvalue weighted by molar-refractivity contribution is 0.559. The molecule has 0 saturated heterocycles. The van der Waals surface area contributed by atoms with Crippen molar-refractivity contribution >= 4 is 23.5 Å². The average molecular weight is 272 g/mol. The Labute approximate surface area is 114 Å². The fourth-order valence-electron chi connectivity index (χ4n) is 1.61. The molecule has 0 aromatic carbocycles. The topological polar surface area (TPSA) is 56.7 Å². The Morgan fingerprint density at radius 1 is 1.37 bits per heavy atom.